The van der Waals surface area contributed by atoms with Crippen molar-refractivity contribution in [3.63, 3.8) is 0 Å². The fourth-order valence-corrected chi connectivity index (χ4v) is 3.78. The highest BCUT2D eigenvalue weighted by Gasteiger charge is 2.23. The molecule has 1 saturated heterocycles. The summed E-state index contributed by atoms with van der Waals surface area (Å²) < 4.78 is 16.5. The number of hydrogen-bond donors (Lipinski definition) is 2. The fraction of sp³-hybridized carbons (Fsp3) is 0.417. The Labute approximate surface area is 179 Å². The number of benzene rings is 2. The Balaban J connectivity index is 1.44. The van der Waals surface area contributed by atoms with Gasteiger partial charge in [-0.25, -0.2) is 0 Å². The highest BCUT2D eigenvalue weighted by atomic mass is 16.5. The molecule has 0 amide bonds. The SMILES string of the molecule is C=CCc1ccc(OC[C@H](O)C[NH+]2CCN(c3ccc(OC)cc3)CC2)c(OC)c1. The molecular weight excluding hydrogens is 380 g/mol. The van der Waals surface area contributed by atoms with Crippen molar-refractivity contribution >= 4 is 5.69 Å². The van der Waals surface area contributed by atoms with Crippen molar-refractivity contribution < 1.29 is 24.2 Å². The minimum Gasteiger partial charge on any atom is -0.497 e. The number of piperazine rings is 1. The Morgan fingerprint density at radius 1 is 1.07 bits per heavy atom. The first kappa shape index (κ1) is 22.0. The molecule has 3 rings (SSSR count). The Morgan fingerprint density at radius 3 is 2.43 bits per heavy atom. The average molecular weight is 414 g/mol. The number of hydrogen-bond acceptors (Lipinski definition) is 5. The molecule has 2 aromatic carbocycles. The van der Waals surface area contributed by atoms with Crippen LogP contribution in [-0.2, 0) is 6.42 Å². The molecule has 2 N–H and O–H groups in total. The average Bonchev–Trinajstić information content (AvgIpc) is 2.79. The summed E-state index contributed by atoms with van der Waals surface area (Å²) in [6, 6.07) is 14.0. The van der Waals surface area contributed by atoms with Gasteiger partial charge in [-0.1, -0.05) is 12.1 Å². The van der Waals surface area contributed by atoms with Crippen LogP contribution in [0.25, 0.3) is 0 Å². The van der Waals surface area contributed by atoms with Crippen LogP contribution in [0.4, 0.5) is 5.69 Å². The molecule has 0 unspecified atom stereocenters. The molecule has 6 heteroatoms. The van der Waals surface area contributed by atoms with E-state index in [0.29, 0.717) is 18.0 Å². The number of nitrogens with one attached hydrogen (secondary N) is 1. The van der Waals surface area contributed by atoms with Crippen LogP contribution in [-0.4, -0.2) is 64.8 Å². The van der Waals surface area contributed by atoms with Crippen molar-refractivity contribution in [1.82, 2.24) is 0 Å². The van der Waals surface area contributed by atoms with E-state index >= 15 is 0 Å². The van der Waals surface area contributed by atoms with E-state index in [4.69, 9.17) is 14.2 Å². The molecule has 6 nitrogen and oxygen atoms in total. The Bertz CT molecular complexity index is 801. The second kappa shape index (κ2) is 10.9. The normalized spacial score (nSPS) is 15.5. The van der Waals surface area contributed by atoms with Gasteiger partial charge in [-0.05, 0) is 48.4 Å². The maximum Gasteiger partial charge on any atom is 0.161 e. The maximum atomic E-state index is 10.5. The van der Waals surface area contributed by atoms with Crippen molar-refractivity contribution in [3.8, 4) is 17.2 Å². The molecule has 0 saturated carbocycles. The number of nitrogens with zero attached hydrogens (tertiary/aromatic N) is 1. The summed E-state index contributed by atoms with van der Waals surface area (Å²) in [7, 11) is 3.31. The molecule has 162 valence electrons. The minimum atomic E-state index is -0.523. The van der Waals surface area contributed by atoms with E-state index in [1.54, 1.807) is 14.2 Å². The minimum absolute atomic E-state index is 0.253. The van der Waals surface area contributed by atoms with Crippen LogP contribution >= 0.6 is 0 Å². The third kappa shape index (κ3) is 5.90. The molecule has 1 fully saturated rings. The molecule has 0 bridgehead atoms. The van der Waals surface area contributed by atoms with Crippen molar-refractivity contribution in [2.75, 3.05) is 58.5 Å². The molecule has 2 aromatic rings. The number of methoxy groups -OCH3 is 2. The molecule has 0 aliphatic carbocycles. The van der Waals surface area contributed by atoms with Crippen LogP contribution in [0, 0.1) is 0 Å². The number of quaternary nitrogens is 1. The van der Waals surface area contributed by atoms with Gasteiger partial charge in [0.2, 0.25) is 0 Å². The van der Waals surface area contributed by atoms with Gasteiger partial charge in [-0.3, -0.25) is 0 Å². The molecule has 0 spiro atoms. The molecule has 1 aliphatic rings. The van der Waals surface area contributed by atoms with Crippen molar-refractivity contribution in [2.24, 2.45) is 0 Å². The van der Waals surface area contributed by atoms with Crippen LogP contribution in [0.5, 0.6) is 17.2 Å². The zero-order valence-electron chi connectivity index (χ0n) is 18.0. The van der Waals surface area contributed by atoms with E-state index < -0.39 is 6.10 Å². The summed E-state index contributed by atoms with van der Waals surface area (Å²) in [5.74, 6) is 2.21. The lowest BCUT2D eigenvalue weighted by atomic mass is 10.1. The molecule has 0 radical (unpaired) electrons. The van der Waals surface area contributed by atoms with E-state index in [9.17, 15) is 5.11 Å². The highest BCUT2D eigenvalue weighted by molar-refractivity contribution is 5.49. The second-order valence-electron chi connectivity index (χ2n) is 7.58. The predicted molar refractivity (Wildman–Crippen MR) is 119 cm³/mol. The summed E-state index contributed by atoms with van der Waals surface area (Å²) >= 11 is 0. The van der Waals surface area contributed by atoms with E-state index in [1.165, 1.54) is 10.6 Å². The monoisotopic (exact) mass is 413 g/mol. The zero-order valence-corrected chi connectivity index (χ0v) is 18.0. The summed E-state index contributed by atoms with van der Waals surface area (Å²) in [6.45, 7) is 8.60. The molecule has 1 atom stereocenters. The summed E-state index contributed by atoms with van der Waals surface area (Å²) in [5.41, 5.74) is 2.33. The zero-order chi connectivity index (χ0) is 21.3. The number of allylic oxidation sites excluding steroid dienone is 1. The first-order chi connectivity index (χ1) is 14.6. The van der Waals surface area contributed by atoms with Crippen LogP contribution in [0.2, 0.25) is 0 Å². The number of aliphatic hydroxyl groups excluding tert-OH is 1. The lowest BCUT2D eigenvalue weighted by Crippen LogP contribution is -3.16. The Hall–Kier alpha value is -2.70. The summed E-state index contributed by atoms with van der Waals surface area (Å²) in [5, 5.41) is 10.5. The molecule has 1 aliphatic heterocycles. The standard InChI is InChI=1S/C24H32N2O4/c1-4-5-19-6-11-23(24(16-19)29-3)30-18-21(27)17-25-12-14-26(15-13-25)20-7-9-22(28-2)10-8-20/h4,6-11,16,21,27H,1,5,12-15,17-18H2,2-3H3/p+1/t21-/m1/s1. The summed E-state index contributed by atoms with van der Waals surface area (Å²) in [4.78, 5) is 3.77. The number of rotatable bonds is 10. The first-order valence-electron chi connectivity index (χ1n) is 10.4. The van der Waals surface area contributed by atoms with Gasteiger partial charge in [0.15, 0.2) is 11.5 Å². The van der Waals surface area contributed by atoms with Crippen LogP contribution in [0.1, 0.15) is 5.56 Å². The lowest BCUT2D eigenvalue weighted by molar-refractivity contribution is -0.903. The van der Waals surface area contributed by atoms with Gasteiger partial charge in [0.1, 0.15) is 25.0 Å². The number of aliphatic hydroxyl groups is 1. The molecule has 0 aromatic heterocycles. The van der Waals surface area contributed by atoms with Gasteiger partial charge in [0, 0.05) is 5.69 Å². The van der Waals surface area contributed by atoms with Gasteiger partial charge < -0.3 is 29.1 Å². The predicted octanol–water partition coefficient (Wildman–Crippen LogP) is 1.58. The van der Waals surface area contributed by atoms with Gasteiger partial charge in [0.25, 0.3) is 0 Å². The maximum absolute atomic E-state index is 10.5. The number of anilines is 1. The highest BCUT2D eigenvalue weighted by Crippen LogP contribution is 2.28. The lowest BCUT2D eigenvalue weighted by Gasteiger charge is -2.34. The van der Waals surface area contributed by atoms with E-state index in [0.717, 1.165) is 43.9 Å². The molecular formula is C24H33N2O4+. The van der Waals surface area contributed by atoms with Crippen LogP contribution < -0.4 is 24.0 Å². The Kier molecular flexibility index (Phi) is 7.99. The van der Waals surface area contributed by atoms with E-state index in [2.05, 4.69) is 23.6 Å². The summed E-state index contributed by atoms with van der Waals surface area (Å²) in [6.07, 6.45) is 2.12. The van der Waals surface area contributed by atoms with Crippen LogP contribution in [0.3, 0.4) is 0 Å². The quantitative estimate of drug-likeness (QED) is 0.580. The smallest absolute Gasteiger partial charge is 0.161 e. The third-order valence-corrected chi connectivity index (χ3v) is 5.47. The van der Waals surface area contributed by atoms with Gasteiger partial charge in [-0.15, -0.1) is 6.58 Å². The van der Waals surface area contributed by atoms with Gasteiger partial charge in [-0.2, -0.15) is 0 Å². The molecule has 30 heavy (non-hydrogen) atoms. The number of ether oxygens (including phenoxy) is 3. The Morgan fingerprint density at radius 2 is 1.80 bits per heavy atom. The van der Waals surface area contributed by atoms with Gasteiger partial charge >= 0.3 is 0 Å². The van der Waals surface area contributed by atoms with Crippen LogP contribution in [0.15, 0.2) is 55.1 Å². The first-order valence-corrected chi connectivity index (χ1v) is 10.4. The third-order valence-electron chi connectivity index (χ3n) is 5.47. The largest absolute Gasteiger partial charge is 0.497 e. The van der Waals surface area contributed by atoms with Crippen molar-refractivity contribution in [2.45, 2.75) is 12.5 Å². The topological polar surface area (TPSA) is 55.6 Å². The van der Waals surface area contributed by atoms with Crippen molar-refractivity contribution in [3.05, 3.63) is 60.7 Å². The van der Waals surface area contributed by atoms with E-state index in [1.807, 2.05) is 36.4 Å². The molecule has 1 heterocycles. The van der Waals surface area contributed by atoms with Gasteiger partial charge in [0.05, 0.1) is 40.4 Å². The van der Waals surface area contributed by atoms with E-state index in [-0.39, 0.29) is 6.61 Å². The van der Waals surface area contributed by atoms with Crippen molar-refractivity contribution in [1.29, 1.82) is 0 Å². The second-order valence-corrected chi connectivity index (χ2v) is 7.58. The fourth-order valence-electron chi connectivity index (χ4n) is 3.78.